The third kappa shape index (κ3) is 4.15. The highest BCUT2D eigenvalue weighted by Crippen LogP contribution is 2.24. The molecule has 0 heterocycles. The molecule has 0 aromatic carbocycles. The van der Waals surface area contributed by atoms with Crippen molar-refractivity contribution in [3.63, 3.8) is 0 Å². The van der Waals surface area contributed by atoms with Crippen molar-refractivity contribution < 1.29 is 0 Å². The first-order valence-electron chi connectivity index (χ1n) is 4.99. The van der Waals surface area contributed by atoms with Crippen LogP contribution in [0.3, 0.4) is 0 Å². The molecular weight excluding hydrogens is 200 g/mol. The van der Waals surface area contributed by atoms with Gasteiger partial charge in [-0.05, 0) is 12.3 Å². The summed E-state index contributed by atoms with van der Waals surface area (Å²) in [6, 6.07) is 0. The summed E-state index contributed by atoms with van der Waals surface area (Å²) in [5.74, 6) is 1.04. The van der Waals surface area contributed by atoms with Crippen molar-refractivity contribution in [3.8, 4) is 0 Å². The Morgan fingerprint density at radius 1 is 0.909 bits per heavy atom. The highest BCUT2D eigenvalue weighted by molar-refractivity contribution is 9.09. The van der Waals surface area contributed by atoms with E-state index in [0.717, 1.165) is 5.92 Å². The first kappa shape index (κ1) is 9.57. The minimum Gasteiger partial charge on any atom is -0.0928 e. The van der Waals surface area contributed by atoms with Gasteiger partial charge in [0, 0.05) is 5.33 Å². The Morgan fingerprint density at radius 2 is 1.45 bits per heavy atom. The van der Waals surface area contributed by atoms with Crippen LogP contribution in [0.5, 0.6) is 0 Å². The zero-order valence-corrected chi connectivity index (χ0v) is 8.91. The zero-order chi connectivity index (χ0) is 7.94. The largest absolute Gasteiger partial charge is 0.0928 e. The fourth-order valence-corrected chi connectivity index (χ4v) is 2.63. The maximum atomic E-state index is 3.53. The van der Waals surface area contributed by atoms with Crippen molar-refractivity contribution in [2.75, 3.05) is 5.33 Å². The van der Waals surface area contributed by atoms with Crippen LogP contribution in [0.4, 0.5) is 0 Å². The van der Waals surface area contributed by atoms with E-state index in [4.69, 9.17) is 0 Å². The summed E-state index contributed by atoms with van der Waals surface area (Å²) in [5.41, 5.74) is 0. The fourth-order valence-electron chi connectivity index (χ4n) is 1.98. The summed E-state index contributed by atoms with van der Waals surface area (Å²) in [4.78, 5) is 0. The predicted molar refractivity (Wildman–Crippen MR) is 54.2 cm³/mol. The van der Waals surface area contributed by atoms with Crippen LogP contribution < -0.4 is 0 Å². The van der Waals surface area contributed by atoms with Crippen molar-refractivity contribution in [2.45, 2.75) is 51.4 Å². The van der Waals surface area contributed by atoms with E-state index in [9.17, 15) is 0 Å². The van der Waals surface area contributed by atoms with Gasteiger partial charge >= 0.3 is 0 Å². The van der Waals surface area contributed by atoms with E-state index in [1.807, 2.05) is 0 Å². The summed E-state index contributed by atoms with van der Waals surface area (Å²) in [7, 11) is 0. The Labute approximate surface area is 78.9 Å². The Kier molecular flexibility index (Phi) is 5.26. The lowest BCUT2D eigenvalue weighted by Crippen LogP contribution is -2.03. The maximum absolute atomic E-state index is 3.53. The quantitative estimate of drug-likeness (QED) is 0.612. The zero-order valence-electron chi connectivity index (χ0n) is 7.32. The maximum Gasteiger partial charge on any atom is 0.00339 e. The van der Waals surface area contributed by atoms with E-state index >= 15 is 0 Å². The molecule has 1 fully saturated rings. The third-order valence-electron chi connectivity index (χ3n) is 2.74. The Bertz CT molecular complexity index is 82.9. The molecule has 1 aliphatic rings. The lowest BCUT2D eigenvalue weighted by Gasteiger charge is -2.18. The average Bonchev–Trinajstić information content (AvgIpc) is 1.94. The van der Waals surface area contributed by atoms with Gasteiger partial charge in [0.15, 0.2) is 0 Å². The molecule has 0 radical (unpaired) electrons. The SMILES string of the molecule is BrCCC1CCCCCCC1. The summed E-state index contributed by atoms with van der Waals surface area (Å²) in [6.07, 6.45) is 11.8. The van der Waals surface area contributed by atoms with Gasteiger partial charge in [0.05, 0.1) is 0 Å². The smallest absolute Gasteiger partial charge is 0.00339 e. The van der Waals surface area contributed by atoms with E-state index in [1.54, 1.807) is 0 Å². The normalized spacial score (nSPS) is 22.6. The molecule has 0 aromatic rings. The van der Waals surface area contributed by atoms with Crippen LogP contribution in [0.15, 0.2) is 0 Å². The minimum absolute atomic E-state index is 1.04. The lowest BCUT2D eigenvalue weighted by molar-refractivity contribution is 0.372. The molecule has 0 spiro atoms. The summed E-state index contributed by atoms with van der Waals surface area (Å²) in [6.45, 7) is 0. The van der Waals surface area contributed by atoms with Crippen molar-refractivity contribution in [1.29, 1.82) is 0 Å². The van der Waals surface area contributed by atoms with Crippen LogP contribution in [0, 0.1) is 5.92 Å². The van der Waals surface area contributed by atoms with E-state index in [1.165, 1.54) is 56.7 Å². The Morgan fingerprint density at radius 3 is 2.00 bits per heavy atom. The summed E-state index contributed by atoms with van der Waals surface area (Å²) < 4.78 is 0. The molecule has 0 atom stereocenters. The van der Waals surface area contributed by atoms with Gasteiger partial charge in [-0.25, -0.2) is 0 Å². The number of alkyl halides is 1. The van der Waals surface area contributed by atoms with Gasteiger partial charge < -0.3 is 0 Å². The molecule has 1 heteroatoms. The highest BCUT2D eigenvalue weighted by atomic mass is 79.9. The number of rotatable bonds is 2. The molecule has 1 rings (SSSR count). The van der Waals surface area contributed by atoms with Crippen LogP contribution in [-0.4, -0.2) is 5.33 Å². The molecular formula is C10H19Br. The molecule has 1 aliphatic carbocycles. The molecule has 0 bridgehead atoms. The highest BCUT2D eigenvalue weighted by Gasteiger charge is 2.09. The van der Waals surface area contributed by atoms with Gasteiger partial charge in [-0.2, -0.15) is 0 Å². The van der Waals surface area contributed by atoms with Gasteiger partial charge in [-0.1, -0.05) is 60.9 Å². The van der Waals surface area contributed by atoms with Gasteiger partial charge in [0.25, 0.3) is 0 Å². The number of halogens is 1. The second-order valence-electron chi connectivity index (χ2n) is 3.69. The van der Waals surface area contributed by atoms with E-state index in [2.05, 4.69) is 15.9 Å². The van der Waals surface area contributed by atoms with E-state index in [0.29, 0.717) is 0 Å². The summed E-state index contributed by atoms with van der Waals surface area (Å²) >= 11 is 3.53. The molecule has 0 saturated heterocycles. The second kappa shape index (κ2) is 6.05. The molecule has 0 amide bonds. The first-order valence-corrected chi connectivity index (χ1v) is 6.11. The summed E-state index contributed by atoms with van der Waals surface area (Å²) in [5, 5.41) is 1.21. The van der Waals surface area contributed by atoms with Gasteiger partial charge in [-0.3, -0.25) is 0 Å². The van der Waals surface area contributed by atoms with E-state index in [-0.39, 0.29) is 0 Å². The Hall–Kier alpha value is 0.480. The first-order chi connectivity index (χ1) is 5.43. The lowest BCUT2D eigenvalue weighted by atomic mass is 9.89. The van der Waals surface area contributed by atoms with Crippen LogP contribution >= 0.6 is 15.9 Å². The van der Waals surface area contributed by atoms with Crippen LogP contribution in [0.1, 0.15) is 51.4 Å². The molecule has 66 valence electrons. The monoisotopic (exact) mass is 218 g/mol. The average molecular weight is 219 g/mol. The topological polar surface area (TPSA) is 0 Å². The number of hydrogen-bond acceptors (Lipinski definition) is 0. The predicted octanol–water partition coefficient (Wildman–Crippen LogP) is 4.13. The van der Waals surface area contributed by atoms with Crippen LogP contribution in [0.2, 0.25) is 0 Å². The third-order valence-corrected chi connectivity index (χ3v) is 3.20. The molecule has 0 aromatic heterocycles. The van der Waals surface area contributed by atoms with Crippen molar-refractivity contribution in [2.24, 2.45) is 5.92 Å². The Balaban J connectivity index is 2.15. The molecule has 1 saturated carbocycles. The number of hydrogen-bond donors (Lipinski definition) is 0. The van der Waals surface area contributed by atoms with Gasteiger partial charge in [0.2, 0.25) is 0 Å². The second-order valence-corrected chi connectivity index (χ2v) is 4.48. The molecule has 0 aliphatic heterocycles. The fraction of sp³-hybridized carbons (Fsp3) is 1.00. The van der Waals surface area contributed by atoms with Crippen molar-refractivity contribution in [1.82, 2.24) is 0 Å². The molecule has 0 unspecified atom stereocenters. The molecule has 0 N–H and O–H groups in total. The minimum atomic E-state index is 1.04. The molecule has 11 heavy (non-hydrogen) atoms. The standard InChI is InChI=1S/C10H19Br/c11-9-8-10-6-4-2-1-3-5-7-10/h10H,1-9H2. The van der Waals surface area contributed by atoms with Crippen LogP contribution in [-0.2, 0) is 0 Å². The van der Waals surface area contributed by atoms with Gasteiger partial charge in [-0.15, -0.1) is 0 Å². The van der Waals surface area contributed by atoms with E-state index < -0.39 is 0 Å². The van der Waals surface area contributed by atoms with Crippen molar-refractivity contribution in [3.05, 3.63) is 0 Å². The van der Waals surface area contributed by atoms with Crippen molar-refractivity contribution >= 4 is 15.9 Å². The van der Waals surface area contributed by atoms with Gasteiger partial charge in [0.1, 0.15) is 0 Å². The van der Waals surface area contributed by atoms with Crippen LogP contribution in [0.25, 0.3) is 0 Å². The molecule has 0 nitrogen and oxygen atoms in total.